The van der Waals surface area contributed by atoms with E-state index in [1.807, 2.05) is 18.6 Å². The summed E-state index contributed by atoms with van der Waals surface area (Å²) >= 11 is 0. The fraction of sp³-hybridized carbons (Fsp3) is 0.293. The number of aromatic nitrogens is 4. The molecular weight excluding hydrogens is 592 g/mol. The van der Waals surface area contributed by atoms with Gasteiger partial charge in [-0.3, -0.25) is 9.97 Å². The van der Waals surface area contributed by atoms with E-state index in [9.17, 15) is 0 Å². The summed E-state index contributed by atoms with van der Waals surface area (Å²) in [7, 11) is 4.32. The number of fused-ring (bicyclic) bond motifs is 9. The molecule has 0 bridgehead atoms. The van der Waals surface area contributed by atoms with Gasteiger partial charge < -0.3 is 14.5 Å². The Bertz CT molecular complexity index is 2420. The average Bonchev–Trinajstić information content (AvgIpc) is 3.52. The van der Waals surface area contributed by atoms with Gasteiger partial charge in [-0.05, 0) is 68.0 Å². The number of aryl methyl sites for hydroxylation is 2. The minimum atomic E-state index is 0.125. The smallest absolute Gasteiger partial charge is 0.297 e. The number of rotatable bonds is 5. The summed E-state index contributed by atoms with van der Waals surface area (Å²) in [5.41, 5.74) is 13.9. The van der Waals surface area contributed by atoms with Gasteiger partial charge in [0.15, 0.2) is 16.8 Å². The number of pyridine rings is 3. The van der Waals surface area contributed by atoms with Gasteiger partial charge >= 0.3 is 0 Å². The largest absolute Gasteiger partial charge is 0.453 e. The number of benzene rings is 3. The highest BCUT2D eigenvalue weighted by atomic mass is 16.5. The van der Waals surface area contributed by atoms with Crippen molar-refractivity contribution in [1.82, 2.24) is 14.4 Å². The molecule has 8 rings (SSSR count). The van der Waals surface area contributed by atoms with Gasteiger partial charge in [-0.1, -0.05) is 64.1 Å². The molecule has 48 heavy (non-hydrogen) atoms. The number of nitrogens with zero attached hydrogens (tertiary/aromatic N) is 6. The highest BCUT2D eigenvalue weighted by molar-refractivity contribution is 6.13. The molecule has 7 heteroatoms. The maximum atomic E-state index is 6.84. The van der Waals surface area contributed by atoms with Crippen molar-refractivity contribution in [3.8, 4) is 11.5 Å². The van der Waals surface area contributed by atoms with E-state index in [-0.39, 0.29) is 6.17 Å². The monoisotopic (exact) mass is 635 g/mol. The second-order valence-electron chi connectivity index (χ2n) is 13.9. The normalized spacial score (nSPS) is 14.9. The second kappa shape index (κ2) is 10.9. The molecule has 0 N–H and O–H groups in total. The van der Waals surface area contributed by atoms with E-state index in [1.165, 1.54) is 44.4 Å². The van der Waals surface area contributed by atoms with E-state index in [4.69, 9.17) is 14.7 Å². The Kier molecular flexibility index (Phi) is 6.88. The molecule has 1 aliphatic rings. The van der Waals surface area contributed by atoms with Crippen molar-refractivity contribution >= 4 is 55.5 Å². The van der Waals surface area contributed by atoms with Gasteiger partial charge in [0.1, 0.15) is 17.4 Å². The number of anilines is 3. The predicted octanol–water partition coefficient (Wildman–Crippen LogP) is 9.60. The maximum Gasteiger partial charge on any atom is 0.297 e. The number of hydrogen-bond acceptors (Lipinski definition) is 5. The first-order chi connectivity index (χ1) is 23.1. The van der Waals surface area contributed by atoms with Crippen molar-refractivity contribution in [1.29, 1.82) is 0 Å². The summed E-state index contributed by atoms with van der Waals surface area (Å²) in [5, 5.41) is 2.29. The van der Waals surface area contributed by atoms with Crippen LogP contribution in [0.3, 0.4) is 0 Å². The molecule has 7 aromatic rings. The maximum absolute atomic E-state index is 6.84. The van der Waals surface area contributed by atoms with E-state index in [0.29, 0.717) is 11.8 Å². The van der Waals surface area contributed by atoms with Crippen molar-refractivity contribution in [3.05, 3.63) is 102 Å². The third-order valence-corrected chi connectivity index (χ3v) is 10.5. The van der Waals surface area contributed by atoms with Crippen LogP contribution in [0, 0.1) is 13.8 Å². The molecule has 5 heterocycles. The first-order valence-electron chi connectivity index (χ1n) is 17.0. The van der Waals surface area contributed by atoms with Gasteiger partial charge in [-0.25, -0.2) is 4.57 Å². The molecule has 0 spiro atoms. The summed E-state index contributed by atoms with van der Waals surface area (Å²) in [6.45, 7) is 15.6. The van der Waals surface area contributed by atoms with Gasteiger partial charge in [-0.15, -0.1) is 0 Å². The lowest BCUT2D eigenvalue weighted by Gasteiger charge is -2.30. The molecule has 242 valence electrons. The minimum absolute atomic E-state index is 0.125. The molecule has 4 aromatic heterocycles. The molecule has 1 atom stereocenters. The van der Waals surface area contributed by atoms with Gasteiger partial charge in [0.05, 0.1) is 59.0 Å². The summed E-state index contributed by atoms with van der Waals surface area (Å²) < 4.78 is 11.5. The lowest BCUT2D eigenvalue weighted by molar-refractivity contribution is -0.617. The SMILES string of the molecule is Cc1c(Oc2cnc3c4c(C(C)C)cccc4n4c5ccccc5[n+](C)c4c3c2C)cncc1N1c2c(C(C)C)cccc2N(C)[C@H]1C. The van der Waals surface area contributed by atoms with Crippen LogP contribution < -0.4 is 19.1 Å². The van der Waals surface area contributed by atoms with Gasteiger partial charge in [-0.2, -0.15) is 4.40 Å². The number of hydrogen-bond donors (Lipinski definition) is 0. The second-order valence-corrected chi connectivity index (χ2v) is 13.9. The molecule has 0 radical (unpaired) electrons. The Balaban J connectivity index is 1.34. The quantitative estimate of drug-likeness (QED) is 0.139. The number of para-hydroxylation sites is 3. The average molecular weight is 636 g/mol. The topological polar surface area (TPSA) is 49.8 Å². The first kappa shape index (κ1) is 30.2. The summed E-state index contributed by atoms with van der Waals surface area (Å²) in [6.07, 6.45) is 5.83. The predicted molar refractivity (Wildman–Crippen MR) is 197 cm³/mol. The van der Waals surface area contributed by atoms with Crippen molar-refractivity contribution in [2.75, 3.05) is 16.8 Å². The first-order valence-corrected chi connectivity index (χ1v) is 17.0. The van der Waals surface area contributed by atoms with Gasteiger partial charge in [0.2, 0.25) is 0 Å². The number of imidazole rings is 1. The van der Waals surface area contributed by atoms with Crippen molar-refractivity contribution in [2.24, 2.45) is 7.05 Å². The minimum Gasteiger partial charge on any atom is -0.453 e. The lowest BCUT2D eigenvalue weighted by atomic mass is 9.95. The van der Waals surface area contributed by atoms with Gasteiger partial charge in [0.25, 0.3) is 5.65 Å². The standard InChI is InChI=1S/C41H43N6O/c1-23(2)28-14-12-18-32-38(28)39-37(41-45(9)30-16-10-11-17-31(30)47(32)41)26(6)36(22-43-39)48-35-21-42-20-34(25(35)5)46-27(7)44(8)33-19-13-15-29(24(3)4)40(33)46/h10-24,27H,1-9H3/q+1/t27-/m1/s1. The van der Waals surface area contributed by atoms with Crippen LogP contribution in [0.15, 0.2) is 79.3 Å². The fourth-order valence-electron chi connectivity index (χ4n) is 7.88. The molecule has 0 saturated heterocycles. The Morgan fingerprint density at radius 3 is 2.21 bits per heavy atom. The van der Waals surface area contributed by atoms with Crippen LogP contribution in [0.1, 0.15) is 68.7 Å². The van der Waals surface area contributed by atoms with E-state index < -0.39 is 0 Å². The Morgan fingerprint density at radius 2 is 1.44 bits per heavy atom. The third kappa shape index (κ3) is 4.16. The highest BCUT2D eigenvalue weighted by Gasteiger charge is 2.35. The van der Waals surface area contributed by atoms with E-state index >= 15 is 0 Å². The highest BCUT2D eigenvalue weighted by Crippen LogP contribution is 2.49. The van der Waals surface area contributed by atoms with Gasteiger partial charge in [0, 0.05) is 18.2 Å². The molecule has 0 fully saturated rings. The molecule has 0 amide bonds. The van der Waals surface area contributed by atoms with Crippen LogP contribution in [-0.4, -0.2) is 27.6 Å². The van der Waals surface area contributed by atoms with E-state index in [1.54, 1.807) is 0 Å². The van der Waals surface area contributed by atoms with Crippen molar-refractivity contribution < 1.29 is 9.30 Å². The van der Waals surface area contributed by atoms with E-state index in [2.05, 4.69) is 142 Å². The van der Waals surface area contributed by atoms with Crippen LogP contribution in [0.2, 0.25) is 0 Å². The summed E-state index contributed by atoms with van der Waals surface area (Å²) in [5.74, 6) is 2.18. The molecule has 0 aliphatic carbocycles. The summed E-state index contributed by atoms with van der Waals surface area (Å²) in [4.78, 5) is 14.7. The zero-order chi connectivity index (χ0) is 33.6. The van der Waals surface area contributed by atoms with E-state index in [0.717, 1.165) is 44.9 Å². The summed E-state index contributed by atoms with van der Waals surface area (Å²) in [6, 6.07) is 21.9. The Morgan fingerprint density at radius 1 is 0.750 bits per heavy atom. The van der Waals surface area contributed by atoms with Crippen molar-refractivity contribution in [3.63, 3.8) is 0 Å². The lowest BCUT2D eigenvalue weighted by Crippen LogP contribution is -2.36. The zero-order valence-electron chi connectivity index (χ0n) is 29.3. The Hall–Kier alpha value is -5.17. The third-order valence-electron chi connectivity index (χ3n) is 10.5. The molecule has 3 aromatic carbocycles. The molecule has 0 saturated carbocycles. The van der Waals surface area contributed by atoms with Crippen LogP contribution in [0.25, 0.3) is 38.5 Å². The Labute approximate surface area is 282 Å². The van der Waals surface area contributed by atoms with Crippen molar-refractivity contribution in [2.45, 2.75) is 66.5 Å². The number of ether oxygens (including phenoxy) is 1. The van der Waals surface area contributed by atoms with Crippen LogP contribution in [0.5, 0.6) is 11.5 Å². The fourth-order valence-corrected chi connectivity index (χ4v) is 7.88. The zero-order valence-corrected chi connectivity index (χ0v) is 29.3. The molecule has 0 unspecified atom stereocenters. The van der Waals surface area contributed by atoms with Crippen LogP contribution >= 0.6 is 0 Å². The molecule has 1 aliphatic heterocycles. The molecular formula is C41H43N6O+. The van der Waals surface area contributed by atoms with Crippen LogP contribution in [-0.2, 0) is 7.05 Å². The van der Waals surface area contributed by atoms with Crippen LogP contribution in [0.4, 0.5) is 17.1 Å². The molecule has 7 nitrogen and oxygen atoms in total.